The molecule has 50 heavy (non-hydrogen) atoms. The standard InChI is InChI=1S/C46H34Cl2.C2H6/c1-5-35-37(7-3)45(31-21-25-33(47)26-22-31)41-15-11-9-13-39(41)43(35)29-17-19-30(20-18-29)44-36(6-2)38(8-4)46(32-23-27-34(48)28-24-32)42-16-12-10-14-40(42)44;1-2/h5-28H,1,3H2,2,4H3;1-2H3/b36-6+,38-8+;. The second-order valence-electron chi connectivity index (χ2n) is 11.8. The molecule has 7 rings (SSSR count). The monoisotopic (exact) mass is 686 g/mol. The van der Waals surface area contributed by atoms with Crippen LogP contribution >= 0.6 is 23.2 Å². The molecular formula is C48H40Cl2. The summed E-state index contributed by atoms with van der Waals surface area (Å²) in [7, 11) is 0. The number of hydrogen-bond donors (Lipinski definition) is 0. The average molecular weight is 688 g/mol. The fourth-order valence-corrected chi connectivity index (χ4v) is 7.51. The van der Waals surface area contributed by atoms with E-state index in [9.17, 15) is 0 Å². The zero-order valence-electron chi connectivity index (χ0n) is 29.0. The molecule has 0 bridgehead atoms. The van der Waals surface area contributed by atoms with Crippen LogP contribution in [-0.2, 0) is 0 Å². The Morgan fingerprint density at radius 1 is 0.400 bits per heavy atom. The van der Waals surface area contributed by atoms with Crippen molar-refractivity contribution >= 4 is 69.1 Å². The topological polar surface area (TPSA) is 0 Å². The Bertz CT molecular complexity index is 2480. The molecule has 0 radical (unpaired) electrons. The highest BCUT2D eigenvalue weighted by Gasteiger charge is 2.20. The highest BCUT2D eigenvalue weighted by atomic mass is 35.5. The van der Waals surface area contributed by atoms with Crippen LogP contribution in [0.4, 0.5) is 0 Å². The van der Waals surface area contributed by atoms with Gasteiger partial charge >= 0.3 is 0 Å². The zero-order chi connectivity index (χ0) is 35.4. The van der Waals surface area contributed by atoms with E-state index in [-0.39, 0.29) is 0 Å². The molecule has 0 amide bonds. The lowest BCUT2D eigenvalue weighted by Crippen LogP contribution is -2.29. The Labute approximate surface area is 306 Å². The van der Waals surface area contributed by atoms with Crippen LogP contribution in [0.25, 0.3) is 90.4 Å². The van der Waals surface area contributed by atoms with E-state index in [2.05, 4.69) is 136 Å². The van der Waals surface area contributed by atoms with Crippen LogP contribution in [0.5, 0.6) is 0 Å². The fourth-order valence-electron chi connectivity index (χ4n) is 7.26. The van der Waals surface area contributed by atoms with Gasteiger partial charge in [0.25, 0.3) is 0 Å². The maximum atomic E-state index is 6.29. The second-order valence-corrected chi connectivity index (χ2v) is 12.7. The van der Waals surface area contributed by atoms with Crippen molar-refractivity contribution in [3.8, 4) is 44.5 Å². The molecule has 0 aromatic heterocycles. The van der Waals surface area contributed by atoms with E-state index in [0.29, 0.717) is 5.02 Å². The third-order valence-corrected chi connectivity index (χ3v) is 9.81. The molecule has 246 valence electrons. The Balaban J connectivity index is 0.00000212. The molecule has 0 aliphatic heterocycles. The van der Waals surface area contributed by atoms with Gasteiger partial charge in [-0.1, -0.05) is 172 Å². The highest BCUT2D eigenvalue weighted by molar-refractivity contribution is 6.31. The smallest absolute Gasteiger partial charge is 0.0406 e. The van der Waals surface area contributed by atoms with Crippen LogP contribution in [0.2, 0.25) is 10.0 Å². The van der Waals surface area contributed by atoms with Crippen molar-refractivity contribution in [3.63, 3.8) is 0 Å². The molecule has 0 aliphatic rings. The Morgan fingerprint density at radius 3 is 0.940 bits per heavy atom. The summed E-state index contributed by atoms with van der Waals surface area (Å²) in [5.41, 5.74) is 11.4. The van der Waals surface area contributed by atoms with Gasteiger partial charge in [-0.05, 0) is 126 Å². The molecule has 0 atom stereocenters. The normalized spacial score (nSPS) is 11.8. The molecule has 0 saturated carbocycles. The molecule has 7 aromatic carbocycles. The van der Waals surface area contributed by atoms with Gasteiger partial charge in [0.05, 0.1) is 0 Å². The lowest BCUT2D eigenvalue weighted by molar-refractivity contribution is 1.50. The lowest BCUT2D eigenvalue weighted by Gasteiger charge is -2.20. The Kier molecular flexibility index (Phi) is 10.5. The van der Waals surface area contributed by atoms with Crippen molar-refractivity contribution in [1.29, 1.82) is 0 Å². The summed E-state index contributed by atoms with van der Waals surface area (Å²) in [4.78, 5) is 0. The van der Waals surface area contributed by atoms with Gasteiger partial charge in [-0.15, -0.1) is 0 Å². The van der Waals surface area contributed by atoms with E-state index in [1.165, 1.54) is 43.3 Å². The third kappa shape index (κ3) is 6.11. The average Bonchev–Trinajstić information content (AvgIpc) is 3.17. The summed E-state index contributed by atoms with van der Waals surface area (Å²) in [5.74, 6) is 0. The van der Waals surface area contributed by atoms with Gasteiger partial charge in [-0.25, -0.2) is 0 Å². The molecule has 0 nitrogen and oxygen atoms in total. The maximum Gasteiger partial charge on any atom is 0.0406 e. The minimum atomic E-state index is 0.712. The molecule has 0 aliphatic carbocycles. The molecule has 2 heteroatoms. The zero-order valence-corrected chi connectivity index (χ0v) is 30.5. The van der Waals surface area contributed by atoms with Crippen molar-refractivity contribution < 1.29 is 0 Å². The van der Waals surface area contributed by atoms with Crippen LogP contribution in [0, 0.1) is 0 Å². The third-order valence-electron chi connectivity index (χ3n) is 9.30. The van der Waals surface area contributed by atoms with Crippen LogP contribution < -0.4 is 10.4 Å². The van der Waals surface area contributed by atoms with Gasteiger partial charge < -0.3 is 0 Å². The first-order valence-electron chi connectivity index (χ1n) is 17.1. The minimum absolute atomic E-state index is 0.712. The van der Waals surface area contributed by atoms with Crippen molar-refractivity contribution in [2.45, 2.75) is 27.7 Å². The molecule has 0 heterocycles. The summed E-state index contributed by atoms with van der Waals surface area (Å²) < 4.78 is 0. The van der Waals surface area contributed by atoms with Crippen LogP contribution in [0.1, 0.15) is 38.8 Å². The first kappa shape index (κ1) is 34.7. The van der Waals surface area contributed by atoms with Crippen LogP contribution in [0.15, 0.2) is 134 Å². The van der Waals surface area contributed by atoms with Gasteiger partial charge in [-0.3, -0.25) is 0 Å². The molecule has 0 spiro atoms. The van der Waals surface area contributed by atoms with E-state index in [0.717, 1.165) is 49.4 Å². The number of hydrogen-bond acceptors (Lipinski definition) is 0. The lowest BCUT2D eigenvalue weighted by atomic mass is 9.83. The van der Waals surface area contributed by atoms with E-state index in [1.54, 1.807) is 0 Å². The Morgan fingerprint density at radius 2 is 0.660 bits per heavy atom. The number of halogens is 2. The predicted octanol–water partition coefficient (Wildman–Crippen LogP) is 13.9. The summed E-state index contributed by atoms with van der Waals surface area (Å²) in [6.45, 7) is 16.8. The van der Waals surface area contributed by atoms with Gasteiger partial charge in [0.1, 0.15) is 0 Å². The fraction of sp³-hybridized carbons (Fsp3) is 0.0833. The molecule has 0 saturated heterocycles. The van der Waals surface area contributed by atoms with Crippen molar-refractivity contribution in [2.24, 2.45) is 0 Å². The van der Waals surface area contributed by atoms with Crippen molar-refractivity contribution in [2.75, 3.05) is 0 Å². The van der Waals surface area contributed by atoms with Gasteiger partial charge in [0.15, 0.2) is 0 Å². The first-order valence-corrected chi connectivity index (χ1v) is 17.9. The molecule has 0 N–H and O–H groups in total. The number of benzene rings is 7. The van der Waals surface area contributed by atoms with E-state index in [1.807, 2.05) is 50.3 Å². The Hall–Kier alpha value is -5.14. The number of rotatable bonds is 6. The largest absolute Gasteiger partial charge is 0.0984 e. The summed E-state index contributed by atoms with van der Waals surface area (Å²) in [5, 5.41) is 8.63. The first-order chi connectivity index (χ1) is 24.5. The molecule has 0 fully saturated rings. The maximum absolute atomic E-state index is 6.29. The van der Waals surface area contributed by atoms with Crippen molar-refractivity contribution in [1.82, 2.24) is 0 Å². The summed E-state index contributed by atoms with van der Waals surface area (Å²) in [6, 6.07) is 42.5. The predicted molar refractivity (Wildman–Crippen MR) is 224 cm³/mol. The van der Waals surface area contributed by atoms with Crippen LogP contribution in [-0.4, -0.2) is 0 Å². The minimum Gasteiger partial charge on any atom is -0.0984 e. The molecule has 0 unspecified atom stereocenters. The van der Waals surface area contributed by atoms with E-state index >= 15 is 0 Å². The van der Waals surface area contributed by atoms with Gasteiger partial charge in [0, 0.05) is 10.0 Å². The summed E-state index contributed by atoms with van der Waals surface area (Å²) >= 11 is 12.6. The van der Waals surface area contributed by atoms with Crippen molar-refractivity contribution in [3.05, 3.63) is 166 Å². The quantitative estimate of drug-likeness (QED) is 0.163. The van der Waals surface area contributed by atoms with Gasteiger partial charge in [-0.2, -0.15) is 0 Å². The van der Waals surface area contributed by atoms with Crippen LogP contribution in [0.3, 0.4) is 0 Å². The molecular weight excluding hydrogens is 647 g/mol. The number of fused-ring (bicyclic) bond motifs is 2. The van der Waals surface area contributed by atoms with Gasteiger partial charge in [0.2, 0.25) is 0 Å². The molecule has 7 aromatic rings. The van der Waals surface area contributed by atoms with E-state index in [4.69, 9.17) is 23.2 Å². The van der Waals surface area contributed by atoms with E-state index < -0.39 is 0 Å². The second kappa shape index (κ2) is 15.2. The summed E-state index contributed by atoms with van der Waals surface area (Å²) in [6.07, 6.45) is 8.37. The highest BCUT2D eigenvalue weighted by Crippen LogP contribution is 2.44. The SMILES string of the molecule is C=Cc1c(C=C)c(-c2ccc(-c3c(=C/C)/c(=C\C)c(-c4ccc(Cl)cc4)c4ccccc34)cc2)c2ccccc2c1-c1ccc(Cl)cc1.CC.